The van der Waals surface area contributed by atoms with Crippen LogP contribution in [0.2, 0.25) is 0 Å². The van der Waals surface area contributed by atoms with Gasteiger partial charge >= 0.3 is 0 Å². The van der Waals surface area contributed by atoms with Crippen LogP contribution < -0.4 is 5.32 Å². The van der Waals surface area contributed by atoms with Crippen LogP contribution in [0, 0.1) is 0 Å². The maximum absolute atomic E-state index is 14.0. The molecule has 5 fully saturated rings. The maximum atomic E-state index is 14.0. The molecular weight excluding hydrogens is 352 g/mol. The van der Waals surface area contributed by atoms with Gasteiger partial charge in [0.2, 0.25) is 11.8 Å². The molecule has 24 heavy (non-hydrogen) atoms. The van der Waals surface area contributed by atoms with Crippen LogP contribution in [0.5, 0.6) is 0 Å². The van der Waals surface area contributed by atoms with Crippen molar-refractivity contribution in [3.05, 3.63) is 0 Å². The molecule has 1 aliphatic heterocycles. The predicted molar refractivity (Wildman–Crippen MR) is 77.4 cm³/mol. The molecule has 2 bridgehead atoms. The summed E-state index contributed by atoms with van der Waals surface area (Å²) in [6.07, 6.45) is -1.90. The Hall–Kier alpha value is -0.600. The number of alkyl halides is 5. The van der Waals surface area contributed by atoms with Gasteiger partial charge in [-0.1, -0.05) is 0 Å². The summed E-state index contributed by atoms with van der Waals surface area (Å²) >= 11 is 6.12. The van der Waals surface area contributed by atoms with E-state index in [2.05, 4.69) is 5.32 Å². The maximum Gasteiger partial charge on any atom is 0.287 e. The van der Waals surface area contributed by atoms with Gasteiger partial charge in [0.1, 0.15) is 6.10 Å². The van der Waals surface area contributed by atoms with Crippen molar-refractivity contribution >= 4 is 17.5 Å². The minimum absolute atomic E-state index is 0.237. The van der Waals surface area contributed by atoms with Gasteiger partial charge in [0.15, 0.2) is 0 Å². The van der Waals surface area contributed by atoms with Crippen molar-refractivity contribution in [3.8, 4) is 0 Å². The molecule has 1 saturated heterocycles. The number of aliphatic hydroxyl groups excluding tert-OH is 1. The molecule has 1 amide bonds. The van der Waals surface area contributed by atoms with E-state index >= 15 is 0 Å². The Morgan fingerprint density at radius 2 is 1.79 bits per heavy atom. The van der Waals surface area contributed by atoms with Crippen molar-refractivity contribution in [2.45, 2.75) is 72.4 Å². The predicted octanol–water partition coefficient (Wildman–Crippen LogP) is 1.89. The second-order valence-electron chi connectivity index (χ2n) is 8.17. The van der Waals surface area contributed by atoms with Crippen LogP contribution in [0.25, 0.3) is 0 Å². The third-order valence-electron chi connectivity index (χ3n) is 6.13. The molecule has 4 nitrogen and oxygen atoms in total. The average Bonchev–Trinajstić information content (AvgIpc) is 2.78. The molecule has 1 heterocycles. The molecule has 0 aromatic heterocycles. The fraction of sp³-hybridized carbons (Fsp3) is 0.933. The smallest absolute Gasteiger partial charge is 0.287 e. The van der Waals surface area contributed by atoms with Gasteiger partial charge in [0.05, 0.1) is 23.5 Å². The first kappa shape index (κ1) is 16.8. The van der Waals surface area contributed by atoms with Crippen molar-refractivity contribution < 1.29 is 27.5 Å². The van der Waals surface area contributed by atoms with Gasteiger partial charge in [0, 0.05) is 18.4 Å². The van der Waals surface area contributed by atoms with Crippen molar-refractivity contribution in [3.63, 3.8) is 0 Å². The first-order chi connectivity index (χ1) is 10.9. The standard InChI is InChI=1S/C15H19ClF4N2O2/c16-11-4-12(5-11,6-11)21-9(23)3-22-8-15(19,20)10(24)13(22)1-2-14(17,18)7-13/h10,24H,1-8H2,(H,21,23)/t10-,11?,12?,13+/m0/s1. The van der Waals surface area contributed by atoms with Crippen molar-refractivity contribution in [2.24, 2.45) is 0 Å². The lowest BCUT2D eigenvalue weighted by atomic mass is 9.49. The van der Waals surface area contributed by atoms with Gasteiger partial charge in [-0.2, -0.15) is 0 Å². The second kappa shape index (κ2) is 4.57. The highest BCUT2D eigenvalue weighted by atomic mass is 35.5. The molecule has 2 atom stereocenters. The zero-order valence-electron chi connectivity index (χ0n) is 12.9. The summed E-state index contributed by atoms with van der Waals surface area (Å²) in [7, 11) is 0. The molecule has 4 aliphatic carbocycles. The van der Waals surface area contributed by atoms with E-state index in [-0.39, 0.29) is 16.8 Å². The van der Waals surface area contributed by atoms with E-state index in [0.29, 0.717) is 19.3 Å². The molecule has 136 valence electrons. The monoisotopic (exact) mass is 370 g/mol. The third-order valence-corrected chi connectivity index (χ3v) is 6.53. The van der Waals surface area contributed by atoms with E-state index in [1.165, 1.54) is 0 Å². The summed E-state index contributed by atoms with van der Waals surface area (Å²) in [5.74, 6) is -7.08. The lowest BCUT2D eigenvalue weighted by molar-refractivity contribution is -0.133. The lowest BCUT2D eigenvalue weighted by Gasteiger charge is -2.67. The summed E-state index contributed by atoms with van der Waals surface area (Å²) in [5, 5.41) is 12.8. The normalized spacial score (nSPS) is 48.2. The van der Waals surface area contributed by atoms with E-state index in [1.54, 1.807) is 0 Å². The SMILES string of the molecule is O=C(CN1CC(F)(F)[C@@H](O)[C@]12CCC(F)(F)C2)NC12CC(Cl)(C1)C2. The molecule has 0 aromatic rings. The van der Waals surface area contributed by atoms with Gasteiger partial charge in [-0.05, 0) is 25.7 Å². The van der Waals surface area contributed by atoms with Crippen molar-refractivity contribution in [2.75, 3.05) is 13.1 Å². The molecule has 5 rings (SSSR count). The van der Waals surface area contributed by atoms with E-state index in [1.807, 2.05) is 0 Å². The molecule has 0 aromatic carbocycles. The summed E-state index contributed by atoms with van der Waals surface area (Å²) in [6, 6.07) is 0. The summed E-state index contributed by atoms with van der Waals surface area (Å²) in [4.78, 5) is 13.1. The van der Waals surface area contributed by atoms with Crippen LogP contribution in [0.3, 0.4) is 0 Å². The number of amides is 1. The number of nitrogens with zero attached hydrogens (tertiary/aromatic N) is 1. The fourth-order valence-corrected chi connectivity index (χ4v) is 5.88. The summed E-state index contributed by atoms with van der Waals surface area (Å²) in [6.45, 7) is -1.30. The molecule has 9 heteroatoms. The lowest BCUT2D eigenvalue weighted by Crippen LogP contribution is -2.76. The Labute approximate surface area is 141 Å². The highest BCUT2D eigenvalue weighted by Crippen LogP contribution is 2.64. The van der Waals surface area contributed by atoms with Crippen LogP contribution in [-0.2, 0) is 4.79 Å². The Bertz CT molecular complexity index is 582. The van der Waals surface area contributed by atoms with E-state index in [4.69, 9.17) is 11.6 Å². The van der Waals surface area contributed by atoms with Crippen LogP contribution in [-0.4, -0.2) is 62.9 Å². The fourth-order valence-electron chi connectivity index (χ4n) is 5.11. The molecule has 0 unspecified atom stereocenters. The Kier molecular flexibility index (Phi) is 3.20. The van der Waals surface area contributed by atoms with Gasteiger partial charge in [0.25, 0.3) is 5.92 Å². The number of hydrogen-bond donors (Lipinski definition) is 2. The molecule has 1 spiro atoms. The number of rotatable bonds is 3. The Morgan fingerprint density at radius 1 is 1.17 bits per heavy atom. The summed E-state index contributed by atoms with van der Waals surface area (Å²) < 4.78 is 55.3. The first-order valence-corrected chi connectivity index (χ1v) is 8.46. The number of hydrogen-bond acceptors (Lipinski definition) is 3. The van der Waals surface area contributed by atoms with Crippen LogP contribution in [0.4, 0.5) is 17.6 Å². The number of likely N-dealkylation sites (tertiary alicyclic amines) is 1. The minimum atomic E-state index is -3.50. The Morgan fingerprint density at radius 3 is 2.29 bits per heavy atom. The number of carbonyl (C=O) groups is 1. The number of nitrogens with one attached hydrogen (secondary N) is 1. The van der Waals surface area contributed by atoms with Crippen LogP contribution in [0.1, 0.15) is 38.5 Å². The number of aliphatic hydroxyl groups is 1. The van der Waals surface area contributed by atoms with Crippen molar-refractivity contribution in [1.82, 2.24) is 10.2 Å². The molecule has 2 N–H and O–H groups in total. The minimum Gasteiger partial charge on any atom is -0.385 e. The van der Waals surface area contributed by atoms with Crippen molar-refractivity contribution in [1.29, 1.82) is 0 Å². The largest absolute Gasteiger partial charge is 0.385 e. The van der Waals surface area contributed by atoms with Gasteiger partial charge in [-0.3, -0.25) is 9.69 Å². The van der Waals surface area contributed by atoms with Gasteiger partial charge in [-0.15, -0.1) is 11.6 Å². The highest BCUT2D eigenvalue weighted by Gasteiger charge is 2.70. The van der Waals surface area contributed by atoms with E-state index in [0.717, 1.165) is 4.90 Å². The molecule has 0 radical (unpaired) electrons. The molecule has 4 saturated carbocycles. The average molecular weight is 371 g/mol. The number of halogens is 5. The third kappa shape index (κ3) is 2.29. The second-order valence-corrected chi connectivity index (χ2v) is 8.97. The van der Waals surface area contributed by atoms with Gasteiger partial charge < -0.3 is 10.4 Å². The topological polar surface area (TPSA) is 52.6 Å². The Balaban J connectivity index is 1.48. The number of carbonyl (C=O) groups excluding carboxylic acids is 1. The van der Waals surface area contributed by atoms with Crippen LogP contribution in [0.15, 0.2) is 0 Å². The highest BCUT2D eigenvalue weighted by molar-refractivity contribution is 6.26. The zero-order chi connectivity index (χ0) is 17.6. The summed E-state index contributed by atoms with van der Waals surface area (Å²) in [5.41, 5.74) is -2.09. The van der Waals surface area contributed by atoms with E-state index in [9.17, 15) is 27.5 Å². The molecule has 5 aliphatic rings. The van der Waals surface area contributed by atoms with Crippen LogP contribution >= 0.6 is 11.6 Å². The molecular formula is C15H19ClF4N2O2. The zero-order valence-corrected chi connectivity index (χ0v) is 13.7. The van der Waals surface area contributed by atoms with E-state index < -0.39 is 55.3 Å². The quantitative estimate of drug-likeness (QED) is 0.589. The van der Waals surface area contributed by atoms with Gasteiger partial charge in [-0.25, -0.2) is 17.6 Å². The first-order valence-electron chi connectivity index (χ1n) is 8.08.